The highest BCUT2D eigenvalue weighted by Gasteiger charge is 2.01. The number of amides is 1. The Morgan fingerprint density at radius 2 is 2.24 bits per heavy atom. The van der Waals surface area contributed by atoms with Crippen molar-refractivity contribution in [3.05, 3.63) is 36.4 Å². The molecule has 4 heteroatoms. The fourth-order valence-electron chi connectivity index (χ4n) is 1.24. The Bertz CT molecular complexity index is 402. The summed E-state index contributed by atoms with van der Waals surface area (Å²) >= 11 is 0. The van der Waals surface area contributed by atoms with Crippen LogP contribution in [-0.2, 0) is 4.79 Å². The summed E-state index contributed by atoms with van der Waals surface area (Å²) in [6.07, 6.45) is 0. The van der Waals surface area contributed by atoms with Crippen molar-refractivity contribution in [1.29, 1.82) is 0 Å². The molecule has 0 saturated heterocycles. The first kappa shape index (κ1) is 13.3. The molecule has 4 nitrogen and oxygen atoms in total. The predicted molar refractivity (Wildman–Crippen MR) is 69.3 cm³/mol. The topological polar surface area (TPSA) is 50.4 Å². The number of benzene rings is 1. The van der Waals surface area contributed by atoms with E-state index in [1.165, 1.54) is 0 Å². The van der Waals surface area contributed by atoms with Crippen LogP contribution in [0.2, 0.25) is 0 Å². The zero-order chi connectivity index (χ0) is 12.7. The third-order valence-corrected chi connectivity index (χ3v) is 1.94. The first-order chi connectivity index (χ1) is 8.11. The van der Waals surface area contributed by atoms with Gasteiger partial charge in [-0.3, -0.25) is 4.79 Å². The maximum atomic E-state index is 11.4. The summed E-state index contributed by atoms with van der Waals surface area (Å²) in [5.41, 5.74) is 1.68. The summed E-state index contributed by atoms with van der Waals surface area (Å²) in [5, 5.41) is 5.55. The lowest BCUT2D eigenvalue weighted by Crippen LogP contribution is -2.25. The Labute approximate surface area is 102 Å². The van der Waals surface area contributed by atoms with Gasteiger partial charge in [-0.25, -0.2) is 0 Å². The Morgan fingerprint density at radius 1 is 1.47 bits per heavy atom. The molecule has 2 N–H and O–H groups in total. The van der Waals surface area contributed by atoms with Crippen LogP contribution in [-0.4, -0.2) is 26.1 Å². The van der Waals surface area contributed by atoms with Crippen LogP contribution in [0.3, 0.4) is 0 Å². The summed E-state index contributed by atoms with van der Waals surface area (Å²) in [4.78, 5) is 11.4. The van der Waals surface area contributed by atoms with Crippen molar-refractivity contribution in [3.8, 4) is 5.75 Å². The standard InChI is InChI=1S/C13H18N2O2/c1-10(2)9-17-12-6-4-5-11(7-12)15-13(16)8-14-3/h4-7,14H,1,8-9H2,2-3H3,(H,15,16). The van der Waals surface area contributed by atoms with Gasteiger partial charge in [-0.1, -0.05) is 12.6 Å². The summed E-state index contributed by atoms with van der Waals surface area (Å²) < 4.78 is 5.48. The van der Waals surface area contributed by atoms with Crippen LogP contribution in [0.1, 0.15) is 6.92 Å². The quantitative estimate of drug-likeness (QED) is 0.738. The molecule has 0 heterocycles. The number of carbonyl (C=O) groups excluding carboxylic acids is 1. The van der Waals surface area contributed by atoms with Crippen molar-refractivity contribution in [3.63, 3.8) is 0 Å². The molecule has 0 atom stereocenters. The van der Waals surface area contributed by atoms with E-state index in [1.807, 2.05) is 25.1 Å². The van der Waals surface area contributed by atoms with Crippen LogP contribution >= 0.6 is 0 Å². The average molecular weight is 234 g/mol. The molecule has 0 spiro atoms. The molecule has 0 saturated carbocycles. The van der Waals surface area contributed by atoms with Crippen molar-refractivity contribution in [2.45, 2.75) is 6.92 Å². The van der Waals surface area contributed by atoms with Crippen LogP contribution in [0, 0.1) is 0 Å². The molecule has 0 aliphatic heterocycles. The van der Waals surface area contributed by atoms with Gasteiger partial charge < -0.3 is 15.4 Å². The number of ether oxygens (including phenoxy) is 1. The molecule has 1 amide bonds. The minimum Gasteiger partial charge on any atom is -0.489 e. The molecule has 0 unspecified atom stereocenters. The molecular weight excluding hydrogens is 216 g/mol. The third kappa shape index (κ3) is 5.17. The molecule has 17 heavy (non-hydrogen) atoms. The number of anilines is 1. The van der Waals surface area contributed by atoms with E-state index in [4.69, 9.17) is 4.74 Å². The molecule has 0 aliphatic carbocycles. The zero-order valence-electron chi connectivity index (χ0n) is 10.2. The number of rotatable bonds is 6. The van der Waals surface area contributed by atoms with Gasteiger partial charge in [-0.15, -0.1) is 0 Å². The number of likely N-dealkylation sites (N-methyl/N-ethyl adjacent to an activating group) is 1. The number of carbonyl (C=O) groups is 1. The SMILES string of the molecule is C=C(C)COc1cccc(NC(=O)CNC)c1. The monoisotopic (exact) mass is 234 g/mol. The van der Waals surface area contributed by atoms with E-state index in [-0.39, 0.29) is 12.5 Å². The number of hydrogen-bond acceptors (Lipinski definition) is 3. The van der Waals surface area contributed by atoms with Gasteiger partial charge in [0.25, 0.3) is 0 Å². The lowest BCUT2D eigenvalue weighted by molar-refractivity contribution is -0.115. The molecular formula is C13H18N2O2. The third-order valence-electron chi connectivity index (χ3n) is 1.94. The van der Waals surface area contributed by atoms with Gasteiger partial charge in [0.15, 0.2) is 0 Å². The fourth-order valence-corrected chi connectivity index (χ4v) is 1.24. The minimum absolute atomic E-state index is 0.0791. The van der Waals surface area contributed by atoms with Crippen molar-refractivity contribution >= 4 is 11.6 Å². The largest absolute Gasteiger partial charge is 0.489 e. The van der Waals surface area contributed by atoms with E-state index in [0.29, 0.717) is 6.61 Å². The molecule has 0 bridgehead atoms. The molecule has 1 aromatic rings. The molecule has 0 aromatic heterocycles. The van der Waals surface area contributed by atoms with Crippen molar-refractivity contribution < 1.29 is 9.53 Å². The highest BCUT2D eigenvalue weighted by atomic mass is 16.5. The average Bonchev–Trinajstić information content (AvgIpc) is 2.27. The van der Waals surface area contributed by atoms with E-state index in [0.717, 1.165) is 17.0 Å². The van der Waals surface area contributed by atoms with Gasteiger partial charge in [0.2, 0.25) is 5.91 Å². The van der Waals surface area contributed by atoms with Gasteiger partial charge in [-0.2, -0.15) is 0 Å². The zero-order valence-corrected chi connectivity index (χ0v) is 10.2. The molecule has 0 fully saturated rings. The van der Waals surface area contributed by atoms with E-state index in [9.17, 15) is 4.79 Å². The molecule has 0 radical (unpaired) electrons. The lowest BCUT2D eigenvalue weighted by Gasteiger charge is -2.08. The highest BCUT2D eigenvalue weighted by Crippen LogP contribution is 2.17. The van der Waals surface area contributed by atoms with Gasteiger partial charge in [0, 0.05) is 11.8 Å². The van der Waals surface area contributed by atoms with Crippen LogP contribution in [0.25, 0.3) is 0 Å². The first-order valence-electron chi connectivity index (χ1n) is 5.43. The maximum absolute atomic E-state index is 11.4. The number of nitrogens with one attached hydrogen (secondary N) is 2. The van der Waals surface area contributed by atoms with Crippen molar-refractivity contribution in [1.82, 2.24) is 5.32 Å². The highest BCUT2D eigenvalue weighted by molar-refractivity contribution is 5.92. The van der Waals surface area contributed by atoms with Crippen LogP contribution in [0.15, 0.2) is 36.4 Å². The Hall–Kier alpha value is -1.81. The van der Waals surface area contributed by atoms with Gasteiger partial charge in [-0.05, 0) is 31.7 Å². The second-order valence-electron chi connectivity index (χ2n) is 3.85. The summed E-state index contributed by atoms with van der Waals surface area (Å²) in [6, 6.07) is 7.29. The van der Waals surface area contributed by atoms with E-state index < -0.39 is 0 Å². The summed E-state index contributed by atoms with van der Waals surface area (Å²) in [6.45, 7) is 6.43. The van der Waals surface area contributed by atoms with Gasteiger partial charge in [0.05, 0.1) is 6.54 Å². The Kier molecular flexibility index (Phi) is 5.23. The van der Waals surface area contributed by atoms with Gasteiger partial charge >= 0.3 is 0 Å². The van der Waals surface area contributed by atoms with Crippen molar-refractivity contribution in [2.24, 2.45) is 0 Å². The van der Waals surface area contributed by atoms with E-state index >= 15 is 0 Å². The van der Waals surface area contributed by atoms with Crippen molar-refractivity contribution in [2.75, 3.05) is 25.5 Å². The normalized spacial score (nSPS) is 9.76. The predicted octanol–water partition coefficient (Wildman–Crippen LogP) is 1.80. The second-order valence-corrected chi connectivity index (χ2v) is 3.85. The van der Waals surface area contributed by atoms with E-state index in [1.54, 1.807) is 13.1 Å². The molecule has 1 aromatic carbocycles. The molecule has 92 valence electrons. The lowest BCUT2D eigenvalue weighted by atomic mass is 10.3. The minimum atomic E-state index is -0.0791. The van der Waals surface area contributed by atoms with Crippen LogP contribution < -0.4 is 15.4 Å². The summed E-state index contributed by atoms with van der Waals surface area (Å²) in [5.74, 6) is 0.639. The van der Waals surface area contributed by atoms with Crippen LogP contribution in [0.4, 0.5) is 5.69 Å². The fraction of sp³-hybridized carbons (Fsp3) is 0.308. The number of hydrogen-bond donors (Lipinski definition) is 2. The van der Waals surface area contributed by atoms with E-state index in [2.05, 4.69) is 17.2 Å². The maximum Gasteiger partial charge on any atom is 0.238 e. The Morgan fingerprint density at radius 3 is 2.88 bits per heavy atom. The first-order valence-corrected chi connectivity index (χ1v) is 5.43. The molecule has 0 aliphatic rings. The van der Waals surface area contributed by atoms with Gasteiger partial charge in [0.1, 0.15) is 12.4 Å². The Balaban J connectivity index is 2.59. The molecule has 1 rings (SSSR count). The van der Waals surface area contributed by atoms with Crippen LogP contribution in [0.5, 0.6) is 5.75 Å². The summed E-state index contributed by atoms with van der Waals surface area (Å²) in [7, 11) is 1.73. The second kappa shape index (κ2) is 6.70. The smallest absolute Gasteiger partial charge is 0.238 e.